The molecule has 0 radical (unpaired) electrons. The molecule has 0 spiro atoms. The highest BCUT2D eigenvalue weighted by molar-refractivity contribution is 6.30. The van der Waals surface area contributed by atoms with Crippen LogP contribution in [-0.4, -0.2) is 30.1 Å². The third-order valence-corrected chi connectivity index (χ3v) is 4.41. The molecule has 1 aromatic carbocycles. The quantitative estimate of drug-likeness (QED) is 0.826. The highest BCUT2D eigenvalue weighted by atomic mass is 35.5. The molecule has 1 aromatic rings. The first-order valence-electron chi connectivity index (χ1n) is 7.10. The molecule has 0 saturated heterocycles. The number of hydrogen-bond acceptors (Lipinski definition) is 2. The summed E-state index contributed by atoms with van der Waals surface area (Å²) in [6.45, 7) is 7.40. The van der Waals surface area contributed by atoms with E-state index in [0.717, 1.165) is 11.4 Å². The van der Waals surface area contributed by atoms with Gasteiger partial charge < -0.3 is 5.73 Å². The lowest BCUT2D eigenvalue weighted by molar-refractivity contribution is 0.0951. The maximum absolute atomic E-state index is 6.05. The van der Waals surface area contributed by atoms with E-state index in [1.165, 1.54) is 18.4 Å². The summed E-state index contributed by atoms with van der Waals surface area (Å²) >= 11 is 5.94. The monoisotopic (exact) mass is 282 g/mol. The van der Waals surface area contributed by atoms with Gasteiger partial charge in [-0.1, -0.05) is 37.1 Å². The van der Waals surface area contributed by atoms with Crippen LogP contribution in [0.25, 0.3) is 0 Å². The molecular formula is C16H27ClN2. The third-order valence-electron chi connectivity index (χ3n) is 4.16. The maximum atomic E-state index is 6.05. The van der Waals surface area contributed by atoms with Gasteiger partial charge in [0.15, 0.2) is 0 Å². The topological polar surface area (TPSA) is 29.3 Å². The van der Waals surface area contributed by atoms with E-state index in [0.29, 0.717) is 12.6 Å². The van der Waals surface area contributed by atoms with Crippen molar-refractivity contribution in [3.8, 4) is 0 Å². The molecule has 0 bridgehead atoms. The van der Waals surface area contributed by atoms with Crippen molar-refractivity contribution in [3.63, 3.8) is 0 Å². The van der Waals surface area contributed by atoms with E-state index in [4.69, 9.17) is 17.3 Å². The number of benzene rings is 1. The highest BCUT2D eigenvalue weighted by Gasteiger charge is 2.30. The first-order valence-corrected chi connectivity index (χ1v) is 7.48. The Morgan fingerprint density at radius 2 is 1.89 bits per heavy atom. The van der Waals surface area contributed by atoms with E-state index in [2.05, 4.69) is 44.9 Å². The van der Waals surface area contributed by atoms with Crippen LogP contribution in [0, 0.1) is 0 Å². The summed E-state index contributed by atoms with van der Waals surface area (Å²) in [5, 5.41) is 0.783. The van der Waals surface area contributed by atoms with E-state index in [-0.39, 0.29) is 5.54 Å². The molecule has 19 heavy (non-hydrogen) atoms. The van der Waals surface area contributed by atoms with Crippen molar-refractivity contribution < 1.29 is 0 Å². The fourth-order valence-electron chi connectivity index (χ4n) is 2.53. The molecule has 0 aliphatic rings. The van der Waals surface area contributed by atoms with Gasteiger partial charge in [-0.05, 0) is 51.4 Å². The SMILES string of the molecule is CCCC(C)N(C)C(C)(CN)Cc1ccc(Cl)cc1. The van der Waals surface area contributed by atoms with Crippen molar-refractivity contribution in [2.24, 2.45) is 5.73 Å². The van der Waals surface area contributed by atoms with Crippen molar-refractivity contribution in [3.05, 3.63) is 34.9 Å². The van der Waals surface area contributed by atoms with Gasteiger partial charge in [-0.3, -0.25) is 4.90 Å². The molecule has 0 amide bonds. The lowest BCUT2D eigenvalue weighted by Crippen LogP contribution is -2.54. The minimum absolute atomic E-state index is 0.0115. The first kappa shape index (κ1) is 16.5. The van der Waals surface area contributed by atoms with Gasteiger partial charge in [-0.25, -0.2) is 0 Å². The summed E-state index contributed by atoms with van der Waals surface area (Å²) in [6, 6.07) is 8.63. The van der Waals surface area contributed by atoms with Crippen LogP contribution < -0.4 is 5.73 Å². The van der Waals surface area contributed by atoms with Crippen molar-refractivity contribution in [2.75, 3.05) is 13.6 Å². The van der Waals surface area contributed by atoms with E-state index in [9.17, 15) is 0 Å². The Balaban J connectivity index is 2.81. The molecule has 3 heteroatoms. The zero-order chi connectivity index (χ0) is 14.5. The van der Waals surface area contributed by atoms with Crippen LogP contribution in [0.5, 0.6) is 0 Å². The summed E-state index contributed by atoms with van der Waals surface area (Å²) in [4.78, 5) is 2.42. The Kier molecular flexibility index (Phi) is 6.31. The number of likely N-dealkylation sites (N-methyl/N-ethyl adjacent to an activating group) is 1. The van der Waals surface area contributed by atoms with Crippen molar-refractivity contribution >= 4 is 11.6 Å². The average molecular weight is 283 g/mol. The van der Waals surface area contributed by atoms with Gasteiger partial charge in [0.1, 0.15) is 0 Å². The molecule has 0 saturated carbocycles. The van der Waals surface area contributed by atoms with Gasteiger partial charge >= 0.3 is 0 Å². The molecule has 0 fully saturated rings. The Morgan fingerprint density at radius 1 is 1.32 bits per heavy atom. The normalized spacial score (nSPS) is 16.4. The molecular weight excluding hydrogens is 256 g/mol. The zero-order valence-corrected chi connectivity index (χ0v) is 13.4. The van der Waals surface area contributed by atoms with E-state index < -0.39 is 0 Å². The molecule has 1 rings (SSSR count). The van der Waals surface area contributed by atoms with Gasteiger partial charge in [-0.2, -0.15) is 0 Å². The number of rotatable bonds is 7. The van der Waals surface area contributed by atoms with E-state index >= 15 is 0 Å². The van der Waals surface area contributed by atoms with Crippen LogP contribution >= 0.6 is 11.6 Å². The smallest absolute Gasteiger partial charge is 0.0406 e. The molecule has 2 nitrogen and oxygen atoms in total. The second-order valence-electron chi connectivity index (χ2n) is 5.75. The Labute approximate surface area is 122 Å². The van der Waals surface area contributed by atoms with Crippen molar-refractivity contribution in [1.82, 2.24) is 4.90 Å². The summed E-state index contributed by atoms with van der Waals surface area (Å²) < 4.78 is 0. The summed E-state index contributed by atoms with van der Waals surface area (Å²) in [5.41, 5.74) is 7.33. The molecule has 0 aliphatic heterocycles. The Bertz CT molecular complexity index is 377. The molecule has 108 valence electrons. The maximum Gasteiger partial charge on any atom is 0.0406 e. The number of nitrogens with two attached hydrogens (primary N) is 1. The summed E-state index contributed by atoms with van der Waals surface area (Å²) in [6.07, 6.45) is 3.35. The molecule has 0 aliphatic carbocycles. The second-order valence-corrected chi connectivity index (χ2v) is 6.19. The van der Waals surface area contributed by atoms with Crippen molar-refractivity contribution in [2.45, 2.75) is 51.6 Å². The molecule has 0 aromatic heterocycles. The largest absolute Gasteiger partial charge is 0.329 e. The van der Waals surface area contributed by atoms with Gasteiger partial charge in [0.2, 0.25) is 0 Å². The minimum Gasteiger partial charge on any atom is -0.329 e. The second kappa shape index (κ2) is 7.28. The van der Waals surface area contributed by atoms with Gasteiger partial charge in [0.25, 0.3) is 0 Å². The van der Waals surface area contributed by atoms with E-state index in [1.54, 1.807) is 0 Å². The molecule has 2 atom stereocenters. The highest BCUT2D eigenvalue weighted by Crippen LogP contribution is 2.23. The Hall–Kier alpha value is -0.570. The Morgan fingerprint density at radius 3 is 2.37 bits per heavy atom. The van der Waals surface area contributed by atoms with Crippen LogP contribution in [0.4, 0.5) is 0 Å². The van der Waals surface area contributed by atoms with Crippen LogP contribution in [0.1, 0.15) is 39.2 Å². The lowest BCUT2D eigenvalue weighted by Gasteiger charge is -2.42. The van der Waals surface area contributed by atoms with Crippen LogP contribution in [0.3, 0.4) is 0 Å². The summed E-state index contributed by atoms with van der Waals surface area (Å²) in [7, 11) is 2.18. The predicted octanol–water partition coefficient (Wildman–Crippen LogP) is 3.72. The molecule has 2 unspecified atom stereocenters. The average Bonchev–Trinajstić information content (AvgIpc) is 2.40. The first-order chi connectivity index (χ1) is 8.92. The number of nitrogens with zero attached hydrogens (tertiary/aromatic N) is 1. The predicted molar refractivity (Wildman–Crippen MR) is 84.7 cm³/mol. The zero-order valence-electron chi connectivity index (χ0n) is 12.6. The van der Waals surface area contributed by atoms with Gasteiger partial charge in [0, 0.05) is 23.1 Å². The fourth-order valence-corrected chi connectivity index (χ4v) is 2.65. The van der Waals surface area contributed by atoms with Crippen molar-refractivity contribution in [1.29, 1.82) is 0 Å². The van der Waals surface area contributed by atoms with Gasteiger partial charge in [-0.15, -0.1) is 0 Å². The third kappa shape index (κ3) is 4.48. The van der Waals surface area contributed by atoms with Gasteiger partial charge in [0.05, 0.1) is 0 Å². The number of halogens is 1. The number of hydrogen-bond donors (Lipinski definition) is 1. The molecule has 2 N–H and O–H groups in total. The van der Waals surface area contributed by atoms with Crippen LogP contribution in [-0.2, 0) is 6.42 Å². The van der Waals surface area contributed by atoms with Crippen LogP contribution in [0.15, 0.2) is 24.3 Å². The lowest BCUT2D eigenvalue weighted by atomic mass is 9.89. The minimum atomic E-state index is -0.0115. The van der Waals surface area contributed by atoms with E-state index in [1.807, 2.05) is 12.1 Å². The fraction of sp³-hybridized carbons (Fsp3) is 0.625. The standard InChI is InChI=1S/C16H27ClN2/c1-5-6-13(2)19(4)16(3,12-18)11-14-7-9-15(17)10-8-14/h7-10,13H,5-6,11-12,18H2,1-4H3. The summed E-state index contributed by atoms with van der Waals surface area (Å²) in [5.74, 6) is 0. The molecule has 0 heterocycles. The van der Waals surface area contributed by atoms with Crippen LogP contribution in [0.2, 0.25) is 5.02 Å².